The second-order valence-electron chi connectivity index (χ2n) is 7.86. The Morgan fingerprint density at radius 1 is 1.04 bits per heavy atom. The van der Waals surface area contributed by atoms with Gasteiger partial charge in [-0.15, -0.1) is 0 Å². The number of hydrogen-bond acceptors (Lipinski definition) is 2. The van der Waals surface area contributed by atoms with Crippen molar-refractivity contribution in [2.24, 2.45) is 0 Å². The van der Waals surface area contributed by atoms with E-state index in [1.54, 1.807) is 0 Å². The molecular weight excluding hydrogens is 348 g/mol. The number of hydrogen-bond donors (Lipinski definition) is 1. The Kier molecular flexibility index (Phi) is 4.00. The smallest absolute Gasteiger partial charge is 0.289 e. The van der Waals surface area contributed by atoms with Crippen LogP contribution in [-0.4, -0.2) is 28.9 Å². The molecule has 28 heavy (non-hydrogen) atoms. The van der Waals surface area contributed by atoms with E-state index in [1.165, 1.54) is 16.5 Å². The fourth-order valence-electron chi connectivity index (χ4n) is 4.56. The molecule has 3 heterocycles. The van der Waals surface area contributed by atoms with Crippen molar-refractivity contribution < 1.29 is 9.21 Å². The highest BCUT2D eigenvalue weighted by atomic mass is 16.3. The number of para-hydroxylation sites is 2. The molecule has 1 amide bonds. The van der Waals surface area contributed by atoms with Gasteiger partial charge in [-0.3, -0.25) is 4.79 Å². The topological polar surface area (TPSA) is 49.2 Å². The van der Waals surface area contributed by atoms with E-state index in [-0.39, 0.29) is 5.91 Å². The predicted octanol–water partition coefficient (Wildman–Crippen LogP) is 5.55. The summed E-state index contributed by atoms with van der Waals surface area (Å²) in [4.78, 5) is 18.5. The number of nitrogens with one attached hydrogen (secondary N) is 1. The van der Waals surface area contributed by atoms with Gasteiger partial charge in [-0.25, -0.2) is 0 Å². The van der Waals surface area contributed by atoms with Crippen molar-refractivity contribution in [2.45, 2.75) is 32.6 Å². The minimum absolute atomic E-state index is 0.0190. The average Bonchev–Trinajstić information content (AvgIpc) is 3.30. The summed E-state index contributed by atoms with van der Waals surface area (Å²) in [6, 6.07) is 14.5. The minimum atomic E-state index is 0.0190. The number of aryl methyl sites for hydroxylation is 2. The standard InChI is InChI=1S/C24H24N2O2/c1-15-6-5-8-18-16(2)23(28-22(15)18)24(27)26-12-10-17(11-13-26)20-14-25-21-9-4-3-7-19(20)21/h3-9,14,17,25H,10-13H2,1-2H3. The molecule has 5 rings (SSSR count). The average molecular weight is 372 g/mol. The van der Waals surface area contributed by atoms with Gasteiger partial charge in [0.15, 0.2) is 5.76 Å². The Balaban J connectivity index is 1.36. The van der Waals surface area contributed by atoms with Gasteiger partial charge >= 0.3 is 0 Å². The van der Waals surface area contributed by atoms with Gasteiger partial charge in [0.05, 0.1) is 0 Å². The van der Waals surface area contributed by atoms with Crippen LogP contribution in [0, 0.1) is 13.8 Å². The minimum Gasteiger partial charge on any atom is -0.450 e. The molecule has 142 valence electrons. The van der Waals surface area contributed by atoms with E-state index < -0.39 is 0 Å². The molecule has 4 aromatic rings. The van der Waals surface area contributed by atoms with Gasteiger partial charge in [-0.2, -0.15) is 0 Å². The van der Waals surface area contributed by atoms with Crippen LogP contribution in [0.5, 0.6) is 0 Å². The summed E-state index contributed by atoms with van der Waals surface area (Å²) in [7, 11) is 0. The van der Waals surface area contributed by atoms with Crippen LogP contribution in [0.2, 0.25) is 0 Å². The van der Waals surface area contributed by atoms with E-state index >= 15 is 0 Å². The number of piperidine rings is 1. The molecule has 0 saturated carbocycles. The van der Waals surface area contributed by atoms with Gasteiger partial charge in [0.1, 0.15) is 5.58 Å². The first kappa shape index (κ1) is 17.1. The molecule has 0 aliphatic carbocycles. The van der Waals surface area contributed by atoms with Crippen LogP contribution in [0.3, 0.4) is 0 Å². The number of aromatic amines is 1. The Morgan fingerprint density at radius 3 is 2.57 bits per heavy atom. The molecule has 1 saturated heterocycles. The number of amides is 1. The number of benzene rings is 2. The van der Waals surface area contributed by atoms with Gasteiger partial charge in [0.25, 0.3) is 5.91 Å². The largest absolute Gasteiger partial charge is 0.450 e. The highest BCUT2D eigenvalue weighted by Crippen LogP contribution is 2.34. The highest BCUT2D eigenvalue weighted by Gasteiger charge is 2.29. The molecule has 0 radical (unpaired) electrons. The van der Waals surface area contributed by atoms with E-state index in [0.717, 1.165) is 48.0 Å². The number of nitrogens with zero attached hydrogens (tertiary/aromatic N) is 1. The molecular formula is C24H24N2O2. The van der Waals surface area contributed by atoms with Gasteiger partial charge in [0.2, 0.25) is 0 Å². The Hall–Kier alpha value is -3.01. The fourth-order valence-corrected chi connectivity index (χ4v) is 4.56. The molecule has 0 atom stereocenters. The third kappa shape index (κ3) is 2.63. The summed E-state index contributed by atoms with van der Waals surface area (Å²) >= 11 is 0. The second-order valence-corrected chi connectivity index (χ2v) is 7.86. The Morgan fingerprint density at radius 2 is 1.79 bits per heavy atom. The zero-order chi connectivity index (χ0) is 19.3. The Bertz CT molecular complexity index is 1180. The van der Waals surface area contributed by atoms with Gasteiger partial charge in [0, 0.05) is 41.1 Å². The number of carbonyl (C=O) groups excluding carboxylic acids is 1. The summed E-state index contributed by atoms with van der Waals surface area (Å²) in [5.41, 5.74) is 5.40. The van der Waals surface area contributed by atoms with Crippen molar-refractivity contribution in [3.05, 3.63) is 71.1 Å². The summed E-state index contributed by atoms with van der Waals surface area (Å²) in [6.07, 6.45) is 4.09. The third-order valence-corrected chi connectivity index (χ3v) is 6.20. The van der Waals surface area contributed by atoms with Crippen molar-refractivity contribution >= 4 is 27.8 Å². The van der Waals surface area contributed by atoms with Gasteiger partial charge in [-0.05, 0) is 49.8 Å². The van der Waals surface area contributed by atoms with E-state index in [1.807, 2.05) is 36.9 Å². The highest BCUT2D eigenvalue weighted by molar-refractivity contribution is 5.99. The zero-order valence-electron chi connectivity index (χ0n) is 16.3. The van der Waals surface area contributed by atoms with Crippen LogP contribution in [0.15, 0.2) is 53.1 Å². The lowest BCUT2D eigenvalue weighted by molar-refractivity contribution is 0.0682. The summed E-state index contributed by atoms with van der Waals surface area (Å²) in [5, 5.41) is 2.34. The molecule has 4 heteroatoms. The first-order valence-electron chi connectivity index (χ1n) is 9.97. The molecule has 2 aromatic carbocycles. The van der Waals surface area contributed by atoms with Crippen LogP contribution >= 0.6 is 0 Å². The SMILES string of the molecule is Cc1c(C(=O)N2CCC(c3c[nH]c4ccccc34)CC2)oc2c(C)cccc12. The molecule has 4 nitrogen and oxygen atoms in total. The number of carbonyl (C=O) groups is 1. The van der Waals surface area contributed by atoms with Crippen molar-refractivity contribution in [1.29, 1.82) is 0 Å². The van der Waals surface area contributed by atoms with Crippen molar-refractivity contribution in [3.63, 3.8) is 0 Å². The number of furan rings is 1. The molecule has 0 unspecified atom stereocenters. The fraction of sp³-hybridized carbons (Fsp3) is 0.292. The number of H-pyrrole nitrogens is 1. The van der Waals surface area contributed by atoms with Crippen molar-refractivity contribution in [3.8, 4) is 0 Å². The normalized spacial score (nSPS) is 15.6. The zero-order valence-corrected chi connectivity index (χ0v) is 16.3. The first-order chi connectivity index (χ1) is 13.6. The third-order valence-electron chi connectivity index (χ3n) is 6.20. The summed E-state index contributed by atoms with van der Waals surface area (Å²) in [6.45, 7) is 5.53. The predicted molar refractivity (Wildman–Crippen MR) is 112 cm³/mol. The van der Waals surface area contributed by atoms with E-state index in [4.69, 9.17) is 4.42 Å². The Labute approximate surface area is 164 Å². The lowest BCUT2D eigenvalue weighted by Gasteiger charge is -2.31. The second kappa shape index (κ2) is 6.55. The summed E-state index contributed by atoms with van der Waals surface area (Å²) < 4.78 is 6.01. The lowest BCUT2D eigenvalue weighted by atomic mass is 9.89. The molecule has 1 N–H and O–H groups in total. The van der Waals surface area contributed by atoms with Gasteiger partial charge < -0.3 is 14.3 Å². The number of fused-ring (bicyclic) bond motifs is 2. The quantitative estimate of drug-likeness (QED) is 0.501. The van der Waals surface area contributed by atoms with E-state index in [9.17, 15) is 4.79 Å². The van der Waals surface area contributed by atoms with E-state index in [2.05, 4.69) is 35.4 Å². The molecule has 2 aromatic heterocycles. The van der Waals surface area contributed by atoms with Crippen molar-refractivity contribution in [2.75, 3.05) is 13.1 Å². The van der Waals surface area contributed by atoms with E-state index in [0.29, 0.717) is 11.7 Å². The maximum atomic E-state index is 13.1. The van der Waals surface area contributed by atoms with Crippen LogP contribution in [-0.2, 0) is 0 Å². The van der Waals surface area contributed by atoms with Crippen LogP contribution < -0.4 is 0 Å². The monoisotopic (exact) mass is 372 g/mol. The maximum absolute atomic E-state index is 13.1. The van der Waals surface area contributed by atoms with Crippen LogP contribution in [0.4, 0.5) is 0 Å². The van der Waals surface area contributed by atoms with Crippen molar-refractivity contribution in [1.82, 2.24) is 9.88 Å². The first-order valence-corrected chi connectivity index (χ1v) is 9.97. The molecule has 1 aliphatic rings. The van der Waals surface area contributed by atoms with Gasteiger partial charge in [-0.1, -0.05) is 36.4 Å². The molecule has 0 bridgehead atoms. The van der Waals surface area contributed by atoms with Crippen LogP contribution in [0.25, 0.3) is 21.9 Å². The van der Waals surface area contributed by atoms with Crippen LogP contribution in [0.1, 0.15) is 46.0 Å². The number of aromatic nitrogens is 1. The maximum Gasteiger partial charge on any atom is 0.289 e. The number of likely N-dealkylation sites (tertiary alicyclic amines) is 1. The molecule has 1 fully saturated rings. The molecule has 0 spiro atoms. The number of rotatable bonds is 2. The lowest BCUT2D eigenvalue weighted by Crippen LogP contribution is -2.38. The summed E-state index contributed by atoms with van der Waals surface area (Å²) in [5.74, 6) is 1.000. The molecule has 1 aliphatic heterocycles.